The van der Waals surface area contributed by atoms with Gasteiger partial charge >= 0.3 is 0 Å². The molecule has 0 aliphatic carbocycles. The molecule has 0 heterocycles. The third-order valence-corrected chi connectivity index (χ3v) is 3.48. The van der Waals surface area contributed by atoms with Crippen molar-refractivity contribution in [2.75, 3.05) is 0 Å². The van der Waals surface area contributed by atoms with Crippen LogP contribution in [0.1, 0.15) is 17.2 Å². The molecular formula is C14H12BrF3N2. The van der Waals surface area contributed by atoms with Gasteiger partial charge in [-0.15, -0.1) is 0 Å². The summed E-state index contributed by atoms with van der Waals surface area (Å²) < 4.78 is 41.8. The quantitative estimate of drug-likeness (QED) is 0.656. The number of benzene rings is 2. The molecule has 0 saturated carbocycles. The Balaban J connectivity index is 2.34. The maximum Gasteiger partial charge on any atom is 0.130 e. The number of hydrogen-bond acceptors (Lipinski definition) is 2. The van der Waals surface area contributed by atoms with E-state index in [4.69, 9.17) is 5.84 Å². The van der Waals surface area contributed by atoms with Crippen LogP contribution in [0.25, 0.3) is 0 Å². The number of rotatable bonds is 4. The van der Waals surface area contributed by atoms with Crippen LogP contribution in [0.15, 0.2) is 40.9 Å². The van der Waals surface area contributed by atoms with E-state index in [0.29, 0.717) is 10.0 Å². The molecule has 0 bridgehead atoms. The van der Waals surface area contributed by atoms with Crippen LogP contribution in [-0.4, -0.2) is 0 Å². The van der Waals surface area contributed by atoms with Crippen LogP contribution in [0, 0.1) is 17.5 Å². The second-order valence-electron chi connectivity index (χ2n) is 4.29. The van der Waals surface area contributed by atoms with E-state index >= 15 is 0 Å². The summed E-state index contributed by atoms with van der Waals surface area (Å²) >= 11 is 3.15. The Labute approximate surface area is 122 Å². The first kappa shape index (κ1) is 15.0. The standard InChI is InChI=1S/C14H12BrF3N2/c15-9-5-4-8(12(18)7-9)6-13(20-19)14-10(16)2-1-3-11(14)17/h1-5,7,13,20H,6,19H2. The van der Waals surface area contributed by atoms with Crippen molar-refractivity contribution in [3.05, 3.63) is 69.4 Å². The maximum atomic E-state index is 13.8. The molecule has 106 valence electrons. The molecule has 1 atom stereocenters. The first-order valence-electron chi connectivity index (χ1n) is 5.87. The molecule has 0 aliphatic rings. The first-order valence-corrected chi connectivity index (χ1v) is 6.66. The molecule has 0 spiro atoms. The van der Waals surface area contributed by atoms with Gasteiger partial charge in [-0.1, -0.05) is 28.1 Å². The summed E-state index contributed by atoms with van der Waals surface area (Å²) in [6.07, 6.45) is 0.0352. The van der Waals surface area contributed by atoms with Crippen molar-refractivity contribution < 1.29 is 13.2 Å². The second-order valence-corrected chi connectivity index (χ2v) is 5.21. The van der Waals surface area contributed by atoms with Gasteiger partial charge in [0, 0.05) is 10.0 Å². The third kappa shape index (κ3) is 3.20. The number of hydrogen-bond donors (Lipinski definition) is 2. The van der Waals surface area contributed by atoms with Crippen LogP contribution < -0.4 is 11.3 Å². The van der Waals surface area contributed by atoms with Gasteiger partial charge in [-0.2, -0.15) is 0 Å². The molecule has 0 aliphatic heterocycles. The van der Waals surface area contributed by atoms with Gasteiger partial charge in [-0.25, -0.2) is 13.2 Å². The van der Waals surface area contributed by atoms with E-state index < -0.39 is 23.5 Å². The fourth-order valence-electron chi connectivity index (χ4n) is 2.00. The third-order valence-electron chi connectivity index (χ3n) is 2.99. The zero-order chi connectivity index (χ0) is 14.7. The van der Waals surface area contributed by atoms with Crippen LogP contribution >= 0.6 is 15.9 Å². The molecule has 2 nitrogen and oxygen atoms in total. The number of halogens is 4. The van der Waals surface area contributed by atoms with E-state index in [1.54, 1.807) is 12.1 Å². The monoisotopic (exact) mass is 344 g/mol. The van der Waals surface area contributed by atoms with Crippen LogP contribution in [0.3, 0.4) is 0 Å². The Hall–Kier alpha value is -1.37. The molecule has 0 fully saturated rings. The lowest BCUT2D eigenvalue weighted by Gasteiger charge is -2.18. The lowest BCUT2D eigenvalue weighted by atomic mass is 9.98. The van der Waals surface area contributed by atoms with Gasteiger partial charge in [0.05, 0.1) is 6.04 Å². The molecule has 2 aromatic rings. The summed E-state index contributed by atoms with van der Waals surface area (Å²) in [4.78, 5) is 0. The van der Waals surface area contributed by atoms with E-state index in [-0.39, 0.29) is 12.0 Å². The molecule has 0 saturated heterocycles. The average molecular weight is 345 g/mol. The fraction of sp³-hybridized carbons (Fsp3) is 0.143. The van der Waals surface area contributed by atoms with Crippen LogP contribution in [0.2, 0.25) is 0 Å². The minimum Gasteiger partial charge on any atom is -0.271 e. The van der Waals surface area contributed by atoms with Gasteiger partial charge < -0.3 is 0 Å². The predicted molar refractivity (Wildman–Crippen MR) is 74.2 cm³/mol. The minimum absolute atomic E-state index is 0.0352. The Kier molecular flexibility index (Phi) is 4.80. The number of nitrogens with two attached hydrogens (primary N) is 1. The number of nitrogens with one attached hydrogen (secondary N) is 1. The van der Waals surface area contributed by atoms with E-state index in [1.165, 1.54) is 12.1 Å². The highest BCUT2D eigenvalue weighted by atomic mass is 79.9. The van der Waals surface area contributed by atoms with Crippen molar-refractivity contribution in [1.29, 1.82) is 0 Å². The maximum absolute atomic E-state index is 13.8. The van der Waals surface area contributed by atoms with Crippen molar-refractivity contribution in [3.63, 3.8) is 0 Å². The van der Waals surface area contributed by atoms with Gasteiger partial charge in [0.25, 0.3) is 0 Å². The average Bonchev–Trinajstić information content (AvgIpc) is 2.39. The Bertz CT molecular complexity index is 599. The molecule has 2 rings (SSSR count). The molecule has 6 heteroatoms. The van der Waals surface area contributed by atoms with Crippen molar-refractivity contribution in [3.8, 4) is 0 Å². The lowest BCUT2D eigenvalue weighted by molar-refractivity contribution is 0.466. The summed E-state index contributed by atoms with van der Waals surface area (Å²) in [6.45, 7) is 0. The van der Waals surface area contributed by atoms with Crippen LogP contribution in [0.5, 0.6) is 0 Å². The second kappa shape index (κ2) is 6.39. The molecule has 0 radical (unpaired) electrons. The molecule has 3 N–H and O–H groups in total. The Morgan fingerprint density at radius 2 is 1.70 bits per heavy atom. The highest BCUT2D eigenvalue weighted by molar-refractivity contribution is 9.10. The fourth-order valence-corrected chi connectivity index (χ4v) is 2.33. The largest absolute Gasteiger partial charge is 0.271 e. The first-order chi connectivity index (χ1) is 9.52. The molecular weight excluding hydrogens is 333 g/mol. The molecule has 0 amide bonds. The smallest absolute Gasteiger partial charge is 0.130 e. The van der Waals surface area contributed by atoms with Gasteiger partial charge in [0.2, 0.25) is 0 Å². The zero-order valence-electron chi connectivity index (χ0n) is 10.3. The van der Waals surface area contributed by atoms with Gasteiger partial charge in [-0.3, -0.25) is 11.3 Å². The van der Waals surface area contributed by atoms with E-state index in [0.717, 1.165) is 12.1 Å². The summed E-state index contributed by atoms with van der Waals surface area (Å²) in [5.74, 6) is 3.46. The topological polar surface area (TPSA) is 38.0 Å². The van der Waals surface area contributed by atoms with Gasteiger partial charge in [-0.05, 0) is 36.2 Å². The Morgan fingerprint density at radius 1 is 1.05 bits per heavy atom. The highest BCUT2D eigenvalue weighted by Crippen LogP contribution is 2.25. The molecule has 20 heavy (non-hydrogen) atoms. The normalized spacial score (nSPS) is 12.4. The zero-order valence-corrected chi connectivity index (χ0v) is 11.9. The molecule has 1 unspecified atom stereocenters. The van der Waals surface area contributed by atoms with Gasteiger partial charge in [0.1, 0.15) is 17.5 Å². The van der Waals surface area contributed by atoms with Crippen LogP contribution in [-0.2, 0) is 6.42 Å². The predicted octanol–water partition coefficient (Wildman–Crippen LogP) is 3.61. The van der Waals surface area contributed by atoms with E-state index in [1.807, 2.05) is 0 Å². The summed E-state index contributed by atoms with van der Waals surface area (Å²) in [6, 6.07) is 7.18. The van der Waals surface area contributed by atoms with Crippen molar-refractivity contribution in [2.45, 2.75) is 12.5 Å². The highest BCUT2D eigenvalue weighted by Gasteiger charge is 2.20. The van der Waals surface area contributed by atoms with Crippen molar-refractivity contribution >= 4 is 15.9 Å². The summed E-state index contributed by atoms with van der Waals surface area (Å²) in [5, 5.41) is 0. The van der Waals surface area contributed by atoms with Crippen molar-refractivity contribution in [1.82, 2.24) is 5.43 Å². The molecule has 2 aromatic carbocycles. The van der Waals surface area contributed by atoms with E-state index in [9.17, 15) is 13.2 Å². The Morgan fingerprint density at radius 3 is 2.25 bits per heavy atom. The number of hydrazine groups is 1. The lowest BCUT2D eigenvalue weighted by Crippen LogP contribution is -2.31. The van der Waals surface area contributed by atoms with E-state index in [2.05, 4.69) is 21.4 Å². The summed E-state index contributed by atoms with van der Waals surface area (Å²) in [7, 11) is 0. The minimum atomic E-state index is -0.855. The van der Waals surface area contributed by atoms with Gasteiger partial charge in [0.15, 0.2) is 0 Å². The van der Waals surface area contributed by atoms with Crippen LogP contribution in [0.4, 0.5) is 13.2 Å². The van der Waals surface area contributed by atoms with Crippen molar-refractivity contribution in [2.24, 2.45) is 5.84 Å². The molecule has 0 aromatic heterocycles. The summed E-state index contributed by atoms with van der Waals surface area (Å²) in [5.41, 5.74) is 2.45. The SMILES string of the molecule is NNC(Cc1ccc(Br)cc1F)c1c(F)cccc1F.